The van der Waals surface area contributed by atoms with Crippen LogP contribution in [0, 0.1) is 24.1 Å². The van der Waals surface area contributed by atoms with Gasteiger partial charge in [0.05, 0.1) is 11.1 Å². The van der Waals surface area contributed by atoms with Crippen molar-refractivity contribution in [3.05, 3.63) is 93.2 Å². The van der Waals surface area contributed by atoms with Crippen LogP contribution in [0.5, 0.6) is 0 Å². The first-order chi connectivity index (χ1) is 15.3. The summed E-state index contributed by atoms with van der Waals surface area (Å²) in [7, 11) is 1.44. The summed E-state index contributed by atoms with van der Waals surface area (Å²) in [5, 5.41) is 11.7. The zero-order valence-electron chi connectivity index (χ0n) is 17.9. The maximum Gasteiger partial charge on any atom is 0.259 e. The summed E-state index contributed by atoms with van der Waals surface area (Å²) in [6.45, 7) is 2.29. The molecule has 0 spiro atoms. The van der Waals surface area contributed by atoms with E-state index >= 15 is 0 Å². The summed E-state index contributed by atoms with van der Waals surface area (Å²) in [5.41, 5.74) is 15.4. The van der Waals surface area contributed by atoms with Crippen molar-refractivity contribution in [3.8, 4) is 6.07 Å². The number of hydrogen-bond donors (Lipinski definition) is 3. The number of aryl methyl sites for hydroxylation is 1. The Labute approximate surface area is 185 Å². The molecule has 0 radical (unpaired) electrons. The van der Waals surface area contributed by atoms with Crippen LogP contribution < -0.4 is 16.8 Å². The summed E-state index contributed by atoms with van der Waals surface area (Å²) in [5.74, 6) is -1.34. The molecule has 1 aliphatic heterocycles. The molecule has 2 aromatic carbocycles. The van der Waals surface area contributed by atoms with E-state index in [0.29, 0.717) is 30.5 Å². The van der Waals surface area contributed by atoms with Crippen LogP contribution in [0.25, 0.3) is 0 Å². The molecule has 0 saturated heterocycles. The molecule has 0 unspecified atom stereocenters. The second kappa shape index (κ2) is 9.35. The third-order valence-electron chi connectivity index (χ3n) is 5.49. The molecule has 1 aliphatic rings. The minimum atomic E-state index is -0.602. The van der Waals surface area contributed by atoms with E-state index in [9.17, 15) is 19.2 Å². The van der Waals surface area contributed by atoms with Crippen LogP contribution in [0.15, 0.2) is 54.0 Å². The Morgan fingerprint density at radius 3 is 2.72 bits per heavy atom. The number of nitrogens with one attached hydrogen (secondary N) is 1. The van der Waals surface area contributed by atoms with Gasteiger partial charge in [-0.2, -0.15) is 5.26 Å². The minimum Gasteiger partial charge on any atom is -0.405 e. The highest BCUT2D eigenvalue weighted by atomic mass is 19.1. The number of halogens is 1. The molecule has 0 bridgehead atoms. The van der Waals surface area contributed by atoms with Gasteiger partial charge in [0.15, 0.2) is 0 Å². The van der Waals surface area contributed by atoms with Crippen LogP contribution >= 0.6 is 0 Å². The lowest BCUT2D eigenvalue weighted by molar-refractivity contribution is 0.0788. The second-order valence-corrected chi connectivity index (χ2v) is 7.48. The first-order valence-electron chi connectivity index (χ1n) is 10.0. The molecule has 0 saturated carbocycles. The van der Waals surface area contributed by atoms with Crippen molar-refractivity contribution in [2.24, 2.45) is 11.5 Å². The highest BCUT2D eigenvalue weighted by Gasteiger charge is 2.28. The number of carbonyl (C=O) groups is 2. The van der Waals surface area contributed by atoms with Gasteiger partial charge in [-0.25, -0.2) is 4.39 Å². The predicted molar refractivity (Wildman–Crippen MR) is 119 cm³/mol. The van der Waals surface area contributed by atoms with Crippen molar-refractivity contribution in [2.75, 3.05) is 13.6 Å². The Balaban J connectivity index is 1.94. The Bertz CT molecular complexity index is 1190. The van der Waals surface area contributed by atoms with Gasteiger partial charge in [-0.15, -0.1) is 0 Å². The molecule has 0 aromatic heterocycles. The van der Waals surface area contributed by atoms with Crippen molar-refractivity contribution < 1.29 is 14.0 Å². The van der Waals surface area contributed by atoms with Crippen LogP contribution in [-0.2, 0) is 12.8 Å². The number of carbonyl (C=O) groups excluding carboxylic acids is 2. The van der Waals surface area contributed by atoms with Crippen LogP contribution in [0.3, 0.4) is 0 Å². The Morgan fingerprint density at radius 1 is 1.34 bits per heavy atom. The van der Waals surface area contributed by atoms with Gasteiger partial charge in [-0.3, -0.25) is 14.5 Å². The van der Waals surface area contributed by atoms with Gasteiger partial charge in [0, 0.05) is 19.2 Å². The van der Waals surface area contributed by atoms with Crippen molar-refractivity contribution in [2.45, 2.75) is 19.8 Å². The van der Waals surface area contributed by atoms with E-state index in [2.05, 4.69) is 5.32 Å². The Hall–Kier alpha value is -4.12. The molecule has 0 aliphatic carbocycles. The fourth-order valence-corrected chi connectivity index (χ4v) is 3.75. The van der Waals surface area contributed by atoms with Crippen molar-refractivity contribution in [1.29, 1.82) is 5.26 Å². The van der Waals surface area contributed by atoms with Crippen LogP contribution in [0.4, 0.5) is 4.39 Å². The highest BCUT2D eigenvalue weighted by Crippen LogP contribution is 2.27. The first-order valence-corrected chi connectivity index (χ1v) is 10.0. The third-order valence-corrected chi connectivity index (χ3v) is 5.49. The van der Waals surface area contributed by atoms with Crippen molar-refractivity contribution >= 4 is 11.8 Å². The van der Waals surface area contributed by atoms with E-state index in [0.717, 1.165) is 16.7 Å². The molecular weight excluding hydrogens is 409 g/mol. The quantitative estimate of drug-likeness (QED) is 0.493. The number of benzene rings is 2. The molecule has 32 heavy (non-hydrogen) atoms. The van der Waals surface area contributed by atoms with Crippen LogP contribution in [-0.4, -0.2) is 30.3 Å². The van der Waals surface area contributed by atoms with Gasteiger partial charge in [0.1, 0.15) is 17.7 Å². The monoisotopic (exact) mass is 433 g/mol. The SMILES string of the molecule is CNC(=O)c1ccc(Cc2cc3c(cc2C)CCN(/C(N)=C(C#N)/C=C\N)C3=O)cc1F. The van der Waals surface area contributed by atoms with Crippen molar-refractivity contribution in [3.63, 3.8) is 0 Å². The average molecular weight is 433 g/mol. The van der Waals surface area contributed by atoms with Gasteiger partial charge >= 0.3 is 0 Å². The summed E-state index contributed by atoms with van der Waals surface area (Å²) in [6.07, 6.45) is 3.53. The fourth-order valence-electron chi connectivity index (χ4n) is 3.75. The van der Waals surface area contributed by atoms with Gasteiger partial charge in [0.2, 0.25) is 0 Å². The summed E-state index contributed by atoms with van der Waals surface area (Å²) in [6, 6.07) is 10.2. The average Bonchev–Trinajstić information content (AvgIpc) is 2.78. The minimum absolute atomic E-state index is 0.0219. The van der Waals surface area contributed by atoms with Crippen LogP contribution in [0.1, 0.15) is 43.0 Å². The number of allylic oxidation sites excluding steroid dienone is 2. The number of nitriles is 1. The maximum atomic E-state index is 14.4. The van der Waals surface area contributed by atoms with Gasteiger partial charge < -0.3 is 16.8 Å². The summed E-state index contributed by atoms with van der Waals surface area (Å²) < 4.78 is 14.4. The molecule has 164 valence electrons. The number of fused-ring (bicyclic) bond motifs is 1. The molecule has 8 heteroatoms. The van der Waals surface area contributed by atoms with E-state index < -0.39 is 11.7 Å². The Kier molecular flexibility index (Phi) is 6.59. The molecule has 2 aromatic rings. The molecule has 1 heterocycles. The largest absolute Gasteiger partial charge is 0.405 e. The number of hydrogen-bond acceptors (Lipinski definition) is 5. The number of nitrogens with two attached hydrogens (primary N) is 2. The second-order valence-electron chi connectivity index (χ2n) is 7.48. The number of rotatable bonds is 5. The van der Waals surface area contributed by atoms with Crippen LogP contribution in [0.2, 0.25) is 0 Å². The van der Waals surface area contributed by atoms with E-state index in [1.165, 1.54) is 36.4 Å². The normalized spacial score (nSPS) is 14.1. The molecule has 0 fully saturated rings. The lowest BCUT2D eigenvalue weighted by atomic mass is 9.90. The smallest absolute Gasteiger partial charge is 0.259 e. The van der Waals surface area contributed by atoms with Gasteiger partial charge in [-0.1, -0.05) is 12.1 Å². The zero-order chi connectivity index (χ0) is 23.4. The molecule has 0 atom stereocenters. The lowest BCUT2D eigenvalue weighted by Gasteiger charge is -2.30. The standard InChI is InChI=1S/C24H24FN5O2/c1-14-9-16-6-8-30(22(28)17(13-27)5-7-26)24(32)20(16)12-18(14)10-15-3-4-19(21(25)11-15)23(31)29-2/h3-5,7,9,11-12H,6,8,10,26,28H2,1-2H3,(H,29,31)/b7-5-,22-17-. The summed E-state index contributed by atoms with van der Waals surface area (Å²) in [4.78, 5) is 26.2. The lowest BCUT2D eigenvalue weighted by Crippen LogP contribution is -2.40. The molecule has 5 N–H and O–H groups in total. The van der Waals surface area contributed by atoms with E-state index in [1.54, 1.807) is 12.1 Å². The van der Waals surface area contributed by atoms with E-state index in [4.69, 9.17) is 11.5 Å². The molecule has 7 nitrogen and oxygen atoms in total. The van der Waals surface area contributed by atoms with Gasteiger partial charge in [0.25, 0.3) is 11.8 Å². The number of amides is 2. The fraction of sp³-hybridized carbons (Fsp3) is 0.208. The third kappa shape index (κ3) is 4.32. The van der Waals surface area contributed by atoms with Crippen molar-refractivity contribution in [1.82, 2.24) is 10.2 Å². The molecule has 3 rings (SSSR count). The first kappa shape index (κ1) is 22.6. The molecular formula is C24H24FN5O2. The summed E-state index contributed by atoms with van der Waals surface area (Å²) >= 11 is 0. The zero-order valence-corrected chi connectivity index (χ0v) is 17.9. The highest BCUT2D eigenvalue weighted by molar-refractivity contribution is 5.98. The predicted octanol–water partition coefficient (Wildman–Crippen LogP) is 2.25. The topological polar surface area (TPSA) is 125 Å². The van der Waals surface area contributed by atoms with E-state index in [-0.39, 0.29) is 22.9 Å². The Morgan fingerprint density at radius 2 is 2.09 bits per heavy atom. The van der Waals surface area contributed by atoms with Gasteiger partial charge in [-0.05, 0) is 72.5 Å². The number of nitrogens with zero attached hydrogens (tertiary/aromatic N) is 2. The van der Waals surface area contributed by atoms with E-state index in [1.807, 2.05) is 19.1 Å². The molecule has 2 amide bonds. The maximum absolute atomic E-state index is 14.4.